The van der Waals surface area contributed by atoms with Crippen molar-refractivity contribution in [1.29, 1.82) is 0 Å². The maximum absolute atomic E-state index is 9.22. The number of aromatic nitrogens is 2. The zero-order valence-corrected chi connectivity index (χ0v) is 10.2. The molecule has 2 aromatic carbocycles. The van der Waals surface area contributed by atoms with E-state index in [2.05, 4.69) is 15.3 Å². The largest absolute Gasteiger partial charge is 0.508 e. The van der Waals surface area contributed by atoms with Crippen LogP contribution >= 0.6 is 0 Å². The molecule has 0 aliphatic rings. The minimum atomic E-state index is 0.272. The molecule has 0 amide bonds. The molecule has 0 radical (unpaired) electrons. The number of rotatable bonds is 3. The summed E-state index contributed by atoms with van der Waals surface area (Å²) in [6.45, 7) is 0.646. The van der Waals surface area contributed by atoms with E-state index < -0.39 is 0 Å². The molecule has 94 valence electrons. The summed E-state index contributed by atoms with van der Waals surface area (Å²) >= 11 is 0. The van der Waals surface area contributed by atoms with Crippen molar-refractivity contribution < 1.29 is 5.11 Å². The lowest BCUT2D eigenvalue weighted by atomic mass is 10.2. The van der Waals surface area contributed by atoms with E-state index in [-0.39, 0.29) is 5.75 Å². The second kappa shape index (κ2) is 4.94. The molecular weight excluding hydrogens is 238 g/mol. The van der Waals surface area contributed by atoms with Gasteiger partial charge in [0.2, 0.25) is 0 Å². The van der Waals surface area contributed by atoms with Gasteiger partial charge in [0, 0.05) is 6.54 Å². The van der Waals surface area contributed by atoms with Crippen molar-refractivity contribution in [3.8, 4) is 5.75 Å². The zero-order valence-electron chi connectivity index (χ0n) is 10.2. The van der Waals surface area contributed by atoms with Gasteiger partial charge in [-0.15, -0.1) is 0 Å². The number of fused-ring (bicyclic) bond motifs is 1. The average molecular weight is 251 g/mol. The lowest BCUT2D eigenvalue weighted by molar-refractivity contribution is 0.475. The van der Waals surface area contributed by atoms with Crippen molar-refractivity contribution in [1.82, 2.24) is 9.97 Å². The first-order valence-corrected chi connectivity index (χ1v) is 6.05. The fourth-order valence-corrected chi connectivity index (χ4v) is 1.85. The molecule has 4 nitrogen and oxygen atoms in total. The summed E-state index contributed by atoms with van der Waals surface area (Å²) in [6.07, 6.45) is 1.72. The molecule has 1 aromatic heterocycles. The van der Waals surface area contributed by atoms with Crippen molar-refractivity contribution in [3.63, 3.8) is 0 Å². The Hall–Kier alpha value is -2.62. The molecule has 0 spiro atoms. The summed E-state index contributed by atoms with van der Waals surface area (Å²) in [4.78, 5) is 8.83. The topological polar surface area (TPSA) is 58.0 Å². The second-order valence-electron chi connectivity index (χ2n) is 4.26. The van der Waals surface area contributed by atoms with Crippen molar-refractivity contribution in [2.75, 3.05) is 5.32 Å². The van der Waals surface area contributed by atoms with Gasteiger partial charge in [-0.1, -0.05) is 24.3 Å². The molecule has 0 fully saturated rings. The second-order valence-corrected chi connectivity index (χ2v) is 4.26. The molecule has 0 saturated heterocycles. The van der Waals surface area contributed by atoms with E-state index in [0.717, 1.165) is 22.4 Å². The highest BCUT2D eigenvalue weighted by Gasteiger charge is 1.99. The highest BCUT2D eigenvalue weighted by atomic mass is 16.3. The molecule has 0 bridgehead atoms. The standard InChI is InChI=1S/C15H13N3O/c19-12-7-5-11(6-8-12)9-17-15-10-16-13-3-1-2-4-14(13)18-15/h1-8,10,19H,9H2,(H,17,18). The summed E-state index contributed by atoms with van der Waals surface area (Å²) in [7, 11) is 0. The molecular formula is C15H13N3O. The number of benzene rings is 2. The molecule has 0 atom stereocenters. The number of para-hydroxylation sites is 2. The molecule has 2 N–H and O–H groups in total. The first-order valence-electron chi connectivity index (χ1n) is 6.05. The minimum Gasteiger partial charge on any atom is -0.508 e. The first kappa shape index (κ1) is 11.5. The van der Waals surface area contributed by atoms with Crippen LogP contribution < -0.4 is 5.32 Å². The summed E-state index contributed by atoms with van der Waals surface area (Å²) in [5.74, 6) is 1.01. The number of anilines is 1. The molecule has 1 heterocycles. The Balaban J connectivity index is 1.76. The summed E-state index contributed by atoms with van der Waals surface area (Å²) in [6, 6.07) is 14.8. The van der Waals surface area contributed by atoms with Crippen LogP contribution in [0.4, 0.5) is 5.82 Å². The molecule has 0 unspecified atom stereocenters. The van der Waals surface area contributed by atoms with E-state index in [1.807, 2.05) is 36.4 Å². The van der Waals surface area contributed by atoms with Crippen LogP contribution in [0.1, 0.15) is 5.56 Å². The van der Waals surface area contributed by atoms with Gasteiger partial charge in [0.05, 0.1) is 17.2 Å². The van der Waals surface area contributed by atoms with E-state index >= 15 is 0 Å². The van der Waals surface area contributed by atoms with Crippen LogP contribution in [0.25, 0.3) is 11.0 Å². The van der Waals surface area contributed by atoms with Crippen molar-refractivity contribution in [2.24, 2.45) is 0 Å². The van der Waals surface area contributed by atoms with Gasteiger partial charge in [0.15, 0.2) is 0 Å². The maximum Gasteiger partial charge on any atom is 0.145 e. The van der Waals surface area contributed by atoms with Gasteiger partial charge < -0.3 is 10.4 Å². The van der Waals surface area contributed by atoms with Crippen molar-refractivity contribution >= 4 is 16.9 Å². The molecule has 19 heavy (non-hydrogen) atoms. The van der Waals surface area contributed by atoms with Crippen LogP contribution in [-0.4, -0.2) is 15.1 Å². The number of nitrogens with zero attached hydrogens (tertiary/aromatic N) is 2. The van der Waals surface area contributed by atoms with Crippen LogP contribution in [0.2, 0.25) is 0 Å². The van der Waals surface area contributed by atoms with E-state index in [1.54, 1.807) is 18.3 Å². The Labute approximate surface area is 110 Å². The van der Waals surface area contributed by atoms with E-state index in [0.29, 0.717) is 6.54 Å². The van der Waals surface area contributed by atoms with Crippen LogP contribution in [-0.2, 0) is 6.54 Å². The van der Waals surface area contributed by atoms with Crippen molar-refractivity contribution in [2.45, 2.75) is 6.54 Å². The van der Waals surface area contributed by atoms with Gasteiger partial charge in [-0.3, -0.25) is 4.98 Å². The molecule has 0 aliphatic carbocycles. The maximum atomic E-state index is 9.22. The Morgan fingerprint density at radius 2 is 1.68 bits per heavy atom. The normalized spacial score (nSPS) is 10.5. The molecule has 0 aliphatic heterocycles. The fraction of sp³-hybridized carbons (Fsp3) is 0.0667. The van der Waals surface area contributed by atoms with Crippen LogP contribution in [0.5, 0.6) is 5.75 Å². The first-order chi connectivity index (χ1) is 9.31. The lowest BCUT2D eigenvalue weighted by Gasteiger charge is -2.06. The Morgan fingerprint density at radius 1 is 0.947 bits per heavy atom. The van der Waals surface area contributed by atoms with Gasteiger partial charge in [0.25, 0.3) is 0 Å². The van der Waals surface area contributed by atoms with E-state index in [4.69, 9.17) is 0 Å². The van der Waals surface area contributed by atoms with Crippen LogP contribution in [0.3, 0.4) is 0 Å². The lowest BCUT2D eigenvalue weighted by Crippen LogP contribution is -2.01. The van der Waals surface area contributed by atoms with Gasteiger partial charge in [0.1, 0.15) is 11.6 Å². The van der Waals surface area contributed by atoms with Gasteiger partial charge >= 0.3 is 0 Å². The average Bonchev–Trinajstić information content (AvgIpc) is 2.46. The van der Waals surface area contributed by atoms with Crippen LogP contribution in [0, 0.1) is 0 Å². The summed E-state index contributed by atoms with van der Waals surface area (Å²) < 4.78 is 0. The fourth-order valence-electron chi connectivity index (χ4n) is 1.85. The molecule has 4 heteroatoms. The van der Waals surface area contributed by atoms with Gasteiger partial charge in [-0.05, 0) is 29.8 Å². The summed E-state index contributed by atoms with van der Waals surface area (Å²) in [5.41, 5.74) is 2.84. The third-order valence-corrected chi connectivity index (χ3v) is 2.86. The highest BCUT2D eigenvalue weighted by Crippen LogP contribution is 2.13. The monoisotopic (exact) mass is 251 g/mol. The third-order valence-electron chi connectivity index (χ3n) is 2.86. The van der Waals surface area contributed by atoms with Gasteiger partial charge in [-0.25, -0.2) is 4.98 Å². The number of nitrogens with one attached hydrogen (secondary N) is 1. The van der Waals surface area contributed by atoms with E-state index in [9.17, 15) is 5.11 Å². The van der Waals surface area contributed by atoms with Gasteiger partial charge in [-0.2, -0.15) is 0 Å². The highest BCUT2D eigenvalue weighted by molar-refractivity contribution is 5.75. The minimum absolute atomic E-state index is 0.272. The number of hydrogen-bond donors (Lipinski definition) is 2. The Morgan fingerprint density at radius 3 is 2.47 bits per heavy atom. The molecule has 3 aromatic rings. The molecule has 0 saturated carbocycles. The van der Waals surface area contributed by atoms with Crippen molar-refractivity contribution in [3.05, 3.63) is 60.3 Å². The number of phenolic OH excluding ortho intramolecular Hbond substituents is 1. The van der Waals surface area contributed by atoms with E-state index in [1.165, 1.54) is 0 Å². The van der Waals surface area contributed by atoms with Crippen LogP contribution in [0.15, 0.2) is 54.7 Å². The molecule has 3 rings (SSSR count). The number of hydrogen-bond acceptors (Lipinski definition) is 4. The third kappa shape index (κ3) is 2.63. The number of aromatic hydroxyl groups is 1. The predicted molar refractivity (Wildman–Crippen MR) is 75.0 cm³/mol. The SMILES string of the molecule is Oc1ccc(CNc2cnc3ccccc3n2)cc1. The quantitative estimate of drug-likeness (QED) is 0.751. The number of phenols is 1. The summed E-state index contributed by atoms with van der Waals surface area (Å²) in [5, 5.41) is 12.4. The zero-order chi connectivity index (χ0) is 13.1. The Bertz CT molecular complexity index is 695. The smallest absolute Gasteiger partial charge is 0.145 e. The predicted octanol–water partition coefficient (Wildman–Crippen LogP) is 2.95. The Kier molecular flexibility index (Phi) is 2.98.